The second-order valence-corrected chi connectivity index (χ2v) is 7.27. The third kappa shape index (κ3) is 4.03. The number of halogens is 3. The molecule has 1 aromatic carbocycles. The Morgan fingerprint density at radius 1 is 1.24 bits per heavy atom. The van der Waals surface area contributed by atoms with Crippen LogP contribution in [0.3, 0.4) is 0 Å². The van der Waals surface area contributed by atoms with E-state index in [1.54, 1.807) is 23.5 Å². The van der Waals surface area contributed by atoms with Crippen LogP contribution in [0.2, 0.25) is 0 Å². The van der Waals surface area contributed by atoms with Gasteiger partial charge in [-0.3, -0.25) is 4.79 Å². The number of alkyl halides is 3. The lowest BCUT2D eigenvalue weighted by Crippen LogP contribution is -2.29. The van der Waals surface area contributed by atoms with Crippen molar-refractivity contribution < 1.29 is 18.0 Å². The molecule has 0 radical (unpaired) electrons. The zero-order chi connectivity index (χ0) is 18.0. The van der Waals surface area contributed by atoms with Gasteiger partial charge in [0.1, 0.15) is 0 Å². The molecule has 0 spiro atoms. The molecule has 3 rings (SSSR count). The van der Waals surface area contributed by atoms with E-state index in [0.717, 1.165) is 40.4 Å². The number of thiazole rings is 1. The van der Waals surface area contributed by atoms with Gasteiger partial charge in [0.05, 0.1) is 15.6 Å². The third-order valence-electron chi connectivity index (χ3n) is 4.40. The summed E-state index contributed by atoms with van der Waals surface area (Å²) in [6.07, 6.45) is 0.683. The summed E-state index contributed by atoms with van der Waals surface area (Å²) in [4.78, 5) is 16.9. The average Bonchev–Trinajstić information content (AvgIpc) is 3.23. The number of aromatic nitrogens is 1. The van der Waals surface area contributed by atoms with E-state index in [0.29, 0.717) is 5.92 Å². The van der Waals surface area contributed by atoms with E-state index in [1.807, 2.05) is 5.32 Å². The van der Waals surface area contributed by atoms with Crippen LogP contribution < -0.4 is 5.32 Å². The Labute approximate surface area is 148 Å². The van der Waals surface area contributed by atoms with Gasteiger partial charge in [0, 0.05) is 11.6 Å². The minimum absolute atomic E-state index is 0.133. The van der Waals surface area contributed by atoms with Crippen LogP contribution >= 0.6 is 11.3 Å². The molecule has 0 bridgehead atoms. The van der Waals surface area contributed by atoms with E-state index >= 15 is 0 Å². The highest BCUT2D eigenvalue weighted by Gasteiger charge is 2.38. The predicted molar refractivity (Wildman–Crippen MR) is 92.8 cm³/mol. The molecule has 1 fully saturated rings. The van der Waals surface area contributed by atoms with Crippen LogP contribution in [0.5, 0.6) is 0 Å². The average molecular weight is 368 g/mol. The Morgan fingerprint density at radius 2 is 1.88 bits per heavy atom. The van der Waals surface area contributed by atoms with Gasteiger partial charge in [-0.15, -0.1) is 11.3 Å². The summed E-state index contributed by atoms with van der Waals surface area (Å²) in [6, 6.07) is 6.50. The van der Waals surface area contributed by atoms with Crippen molar-refractivity contribution in [3.05, 3.63) is 35.0 Å². The summed E-state index contributed by atoms with van der Waals surface area (Å²) in [6.45, 7) is 2.07. The molecule has 1 N–H and O–H groups in total. The van der Waals surface area contributed by atoms with Gasteiger partial charge in [-0.1, -0.05) is 31.9 Å². The Balaban J connectivity index is 1.85. The van der Waals surface area contributed by atoms with Crippen LogP contribution in [0, 0.1) is 0 Å². The maximum Gasteiger partial charge on any atom is 0.471 e. The summed E-state index contributed by atoms with van der Waals surface area (Å²) in [5.74, 6) is -1.49. The third-order valence-corrected chi connectivity index (χ3v) is 5.67. The van der Waals surface area contributed by atoms with Gasteiger partial charge in [-0.05, 0) is 37.0 Å². The first kappa shape index (κ1) is 17.9. The van der Waals surface area contributed by atoms with Crippen LogP contribution in [0.1, 0.15) is 49.2 Å². The number of carbonyl (C=O) groups excluding carboxylic acids is 1. The number of carbonyl (C=O) groups is 1. The molecule has 3 nitrogen and oxygen atoms in total. The summed E-state index contributed by atoms with van der Waals surface area (Å²) in [5, 5.41) is 2.95. The monoisotopic (exact) mass is 368 g/mol. The fourth-order valence-electron chi connectivity index (χ4n) is 3.12. The molecule has 1 aliphatic carbocycles. The standard InChI is InChI=1S/C18H19F3N2OS/c1-2-14-23-15(11-5-3-4-6-11)16(25-14)12-7-9-13(10-8-12)22-17(24)18(19,20)21/h7-11H,2-6H2,1H3,(H,22,24). The van der Waals surface area contributed by atoms with Crippen molar-refractivity contribution >= 4 is 22.9 Å². The summed E-state index contributed by atoms with van der Waals surface area (Å²) in [7, 11) is 0. The maximum atomic E-state index is 12.3. The zero-order valence-corrected chi connectivity index (χ0v) is 14.6. The number of benzene rings is 1. The van der Waals surface area contributed by atoms with Gasteiger partial charge in [0.25, 0.3) is 0 Å². The Kier molecular flexibility index (Phi) is 5.13. The van der Waals surface area contributed by atoms with Gasteiger partial charge >= 0.3 is 12.1 Å². The lowest BCUT2D eigenvalue weighted by molar-refractivity contribution is -0.167. The highest BCUT2D eigenvalue weighted by molar-refractivity contribution is 7.15. The highest BCUT2D eigenvalue weighted by Crippen LogP contribution is 2.42. The molecule has 0 unspecified atom stereocenters. The molecule has 7 heteroatoms. The quantitative estimate of drug-likeness (QED) is 0.771. The van der Waals surface area contributed by atoms with Crippen molar-refractivity contribution in [2.45, 2.75) is 51.1 Å². The first-order valence-corrected chi connectivity index (χ1v) is 9.18. The molecule has 1 heterocycles. The number of hydrogen-bond donors (Lipinski definition) is 1. The summed E-state index contributed by atoms with van der Waals surface area (Å²) >= 11 is 1.65. The van der Waals surface area contributed by atoms with Crippen molar-refractivity contribution in [1.82, 2.24) is 4.98 Å². The van der Waals surface area contributed by atoms with E-state index in [4.69, 9.17) is 4.98 Å². The normalized spacial score (nSPS) is 15.5. The molecule has 2 aromatic rings. The molecular weight excluding hydrogens is 349 g/mol. The van der Waals surface area contributed by atoms with Crippen molar-refractivity contribution in [3.63, 3.8) is 0 Å². The van der Waals surface area contributed by atoms with Gasteiger partial charge < -0.3 is 5.32 Å². The second kappa shape index (κ2) is 7.15. The topological polar surface area (TPSA) is 42.0 Å². The molecule has 25 heavy (non-hydrogen) atoms. The number of nitrogens with zero attached hydrogens (tertiary/aromatic N) is 1. The van der Waals surface area contributed by atoms with Crippen LogP contribution in [0.25, 0.3) is 10.4 Å². The largest absolute Gasteiger partial charge is 0.471 e. The lowest BCUT2D eigenvalue weighted by atomic mass is 10.00. The predicted octanol–water partition coefficient (Wildman–Crippen LogP) is 5.53. The molecule has 0 atom stereocenters. The Hall–Kier alpha value is -1.89. The number of nitrogens with one attached hydrogen (secondary N) is 1. The highest BCUT2D eigenvalue weighted by atomic mass is 32.1. The minimum Gasteiger partial charge on any atom is -0.318 e. The van der Waals surface area contributed by atoms with Crippen molar-refractivity contribution in [3.8, 4) is 10.4 Å². The smallest absolute Gasteiger partial charge is 0.318 e. The van der Waals surface area contributed by atoms with Crippen LogP contribution in [0.15, 0.2) is 24.3 Å². The first-order chi connectivity index (χ1) is 11.9. The number of hydrogen-bond acceptors (Lipinski definition) is 3. The molecule has 1 aromatic heterocycles. The van der Waals surface area contributed by atoms with E-state index in [1.165, 1.54) is 25.0 Å². The van der Waals surface area contributed by atoms with Crippen molar-refractivity contribution in [2.75, 3.05) is 5.32 Å². The van der Waals surface area contributed by atoms with E-state index in [2.05, 4.69) is 6.92 Å². The van der Waals surface area contributed by atoms with E-state index in [9.17, 15) is 18.0 Å². The molecule has 1 amide bonds. The number of rotatable bonds is 4. The van der Waals surface area contributed by atoms with Crippen LogP contribution in [0.4, 0.5) is 18.9 Å². The van der Waals surface area contributed by atoms with Gasteiger partial charge in [-0.25, -0.2) is 4.98 Å². The number of anilines is 1. The second-order valence-electron chi connectivity index (χ2n) is 6.19. The van der Waals surface area contributed by atoms with Gasteiger partial charge in [0.15, 0.2) is 0 Å². The first-order valence-electron chi connectivity index (χ1n) is 8.36. The van der Waals surface area contributed by atoms with Crippen molar-refractivity contribution in [1.29, 1.82) is 0 Å². The minimum atomic E-state index is -4.89. The molecule has 1 saturated carbocycles. The Morgan fingerprint density at radius 3 is 2.44 bits per heavy atom. The fraction of sp³-hybridized carbons (Fsp3) is 0.444. The van der Waals surface area contributed by atoms with Crippen LogP contribution in [-0.2, 0) is 11.2 Å². The summed E-state index contributed by atoms with van der Waals surface area (Å²) in [5.41, 5.74) is 2.18. The fourth-order valence-corrected chi connectivity index (χ4v) is 4.21. The Bertz CT molecular complexity index is 747. The van der Waals surface area contributed by atoms with Gasteiger partial charge in [-0.2, -0.15) is 13.2 Å². The number of amides is 1. The van der Waals surface area contributed by atoms with Crippen LogP contribution in [-0.4, -0.2) is 17.1 Å². The van der Waals surface area contributed by atoms with Gasteiger partial charge in [0.2, 0.25) is 0 Å². The summed E-state index contributed by atoms with van der Waals surface area (Å²) < 4.78 is 37.0. The van der Waals surface area contributed by atoms with E-state index < -0.39 is 12.1 Å². The molecule has 1 aliphatic rings. The lowest BCUT2D eigenvalue weighted by Gasteiger charge is -2.10. The van der Waals surface area contributed by atoms with Crippen molar-refractivity contribution in [2.24, 2.45) is 0 Å². The van der Waals surface area contributed by atoms with E-state index in [-0.39, 0.29) is 5.69 Å². The molecule has 0 aliphatic heterocycles. The number of aryl methyl sites for hydroxylation is 1. The molecule has 0 saturated heterocycles. The molecular formula is C18H19F3N2OS. The zero-order valence-electron chi connectivity index (χ0n) is 13.8. The SMILES string of the molecule is CCc1nc(C2CCCC2)c(-c2ccc(NC(=O)C(F)(F)F)cc2)s1. The maximum absolute atomic E-state index is 12.3. The molecule has 134 valence electrons.